The number of nitrogens with one attached hydrogen (secondary N) is 1. The molecule has 0 heterocycles. The summed E-state index contributed by atoms with van der Waals surface area (Å²) >= 11 is 0. The molecular weight excluding hydrogens is 268 g/mol. The topological polar surface area (TPSA) is 90.6 Å². The van der Waals surface area contributed by atoms with Crippen LogP contribution in [0.15, 0.2) is 29.2 Å². The largest absolute Gasteiger partial charge is 0.491 e. The highest BCUT2D eigenvalue weighted by atomic mass is 32.2. The summed E-state index contributed by atoms with van der Waals surface area (Å²) in [5.41, 5.74) is 5.39. The average Bonchev–Trinajstić information content (AvgIpc) is 2.39. The Labute approximate surface area is 113 Å². The van der Waals surface area contributed by atoms with Crippen LogP contribution in [0.3, 0.4) is 0 Å². The molecule has 0 spiro atoms. The maximum Gasteiger partial charge on any atom is 0.240 e. The summed E-state index contributed by atoms with van der Waals surface area (Å²) in [7, 11) is -1.94. The van der Waals surface area contributed by atoms with Crippen LogP contribution >= 0.6 is 0 Å². The lowest BCUT2D eigenvalue weighted by Gasteiger charge is -2.12. The molecule has 0 aliphatic carbocycles. The number of sulfonamides is 1. The molecule has 1 rings (SSSR count). The van der Waals surface area contributed by atoms with Crippen molar-refractivity contribution in [2.75, 3.05) is 26.9 Å². The molecule has 0 fully saturated rings. The molecule has 0 aliphatic heterocycles. The average molecular weight is 288 g/mol. The number of benzene rings is 1. The minimum absolute atomic E-state index is 0.187. The fraction of sp³-hybridized carbons (Fsp3) is 0.500. The SMILES string of the molecule is COCCOc1ccc(S(=O)(=O)N[C@H](C)CN)cc1. The quantitative estimate of drug-likeness (QED) is 0.673. The van der Waals surface area contributed by atoms with Crippen molar-refractivity contribution in [3.63, 3.8) is 0 Å². The van der Waals surface area contributed by atoms with Crippen LogP contribution in [0, 0.1) is 0 Å². The predicted molar refractivity (Wildman–Crippen MR) is 72.7 cm³/mol. The van der Waals surface area contributed by atoms with Gasteiger partial charge in [-0.2, -0.15) is 0 Å². The molecule has 0 aliphatic rings. The van der Waals surface area contributed by atoms with E-state index < -0.39 is 10.0 Å². The van der Waals surface area contributed by atoms with Gasteiger partial charge in [-0.05, 0) is 31.2 Å². The second kappa shape index (κ2) is 7.44. The van der Waals surface area contributed by atoms with Crippen molar-refractivity contribution in [1.29, 1.82) is 0 Å². The number of ether oxygens (including phenoxy) is 2. The Kier molecular flexibility index (Phi) is 6.23. The van der Waals surface area contributed by atoms with Gasteiger partial charge >= 0.3 is 0 Å². The van der Waals surface area contributed by atoms with Crippen LogP contribution in [0.1, 0.15) is 6.92 Å². The zero-order valence-corrected chi connectivity index (χ0v) is 11.9. The Morgan fingerprint density at radius 2 is 1.89 bits per heavy atom. The molecule has 0 amide bonds. The van der Waals surface area contributed by atoms with E-state index >= 15 is 0 Å². The fourth-order valence-corrected chi connectivity index (χ4v) is 2.60. The highest BCUT2D eigenvalue weighted by molar-refractivity contribution is 7.89. The number of hydrogen-bond donors (Lipinski definition) is 2. The Balaban J connectivity index is 2.69. The van der Waals surface area contributed by atoms with Crippen LogP contribution < -0.4 is 15.2 Å². The zero-order chi connectivity index (χ0) is 14.3. The molecule has 1 atom stereocenters. The lowest BCUT2D eigenvalue weighted by molar-refractivity contribution is 0.146. The third-order valence-corrected chi connectivity index (χ3v) is 4.01. The molecule has 0 bridgehead atoms. The Hall–Kier alpha value is -1.15. The van der Waals surface area contributed by atoms with Gasteiger partial charge in [-0.3, -0.25) is 0 Å². The number of nitrogens with two attached hydrogens (primary N) is 1. The van der Waals surface area contributed by atoms with Gasteiger partial charge in [0, 0.05) is 19.7 Å². The summed E-state index contributed by atoms with van der Waals surface area (Å²) in [5, 5.41) is 0. The smallest absolute Gasteiger partial charge is 0.240 e. The first-order chi connectivity index (χ1) is 8.99. The van der Waals surface area contributed by atoms with Crippen molar-refractivity contribution in [3.05, 3.63) is 24.3 Å². The summed E-state index contributed by atoms with van der Waals surface area (Å²) in [6.07, 6.45) is 0. The van der Waals surface area contributed by atoms with Gasteiger partial charge in [0.2, 0.25) is 10.0 Å². The lowest BCUT2D eigenvalue weighted by atomic mass is 10.3. The van der Waals surface area contributed by atoms with E-state index in [1.54, 1.807) is 26.2 Å². The molecule has 0 aromatic heterocycles. The van der Waals surface area contributed by atoms with Crippen LogP contribution in [-0.2, 0) is 14.8 Å². The second-order valence-corrected chi connectivity index (χ2v) is 5.78. The van der Waals surface area contributed by atoms with Gasteiger partial charge in [-0.25, -0.2) is 13.1 Å². The van der Waals surface area contributed by atoms with Gasteiger partial charge in [0.25, 0.3) is 0 Å². The molecule has 0 saturated heterocycles. The first kappa shape index (κ1) is 15.9. The first-order valence-corrected chi connectivity index (χ1v) is 7.42. The normalized spacial score (nSPS) is 13.2. The van der Waals surface area contributed by atoms with Crippen LogP contribution in [0.4, 0.5) is 0 Å². The van der Waals surface area contributed by atoms with Gasteiger partial charge < -0.3 is 15.2 Å². The first-order valence-electron chi connectivity index (χ1n) is 5.94. The molecule has 3 N–H and O–H groups in total. The minimum atomic E-state index is -3.52. The van der Waals surface area contributed by atoms with Crippen molar-refractivity contribution < 1.29 is 17.9 Å². The Morgan fingerprint density at radius 1 is 1.26 bits per heavy atom. The van der Waals surface area contributed by atoms with Crippen molar-refractivity contribution in [2.45, 2.75) is 17.9 Å². The van der Waals surface area contributed by atoms with Gasteiger partial charge in [0.1, 0.15) is 12.4 Å². The van der Waals surface area contributed by atoms with Crippen LogP contribution in [-0.4, -0.2) is 41.3 Å². The van der Waals surface area contributed by atoms with Crippen molar-refractivity contribution in [3.8, 4) is 5.75 Å². The van der Waals surface area contributed by atoms with E-state index in [1.165, 1.54) is 12.1 Å². The molecule has 0 unspecified atom stereocenters. The summed E-state index contributed by atoms with van der Waals surface area (Å²) in [6, 6.07) is 5.90. The molecule has 0 saturated carbocycles. The zero-order valence-electron chi connectivity index (χ0n) is 11.1. The van der Waals surface area contributed by atoms with E-state index in [0.717, 1.165) is 0 Å². The van der Waals surface area contributed by atoms with Crippen molar-refractivity contribution in [2.24, 2.45) is 5.73 Å². The Morgan fingerprint density at radius 3 is 2.42 bits per heavy atom. The van der Waals surface area contributed by atoms with Crippen LogP contribution in [0.5, 0.6) is 5.75 Å². The molecule has 108 valence electrons. The van der Waals surface area contributed by atoms with E-state index in [0.29, 0.717) is 19.0 Å². The monoisotopic (exact) mass is 288 g/mol. The molecule has 0 radical (unpaired) electrons. The Bertz CT molecular complexity index is 473. The summed E-state index contributed by atoms with van der Waals surface area (Å²) in [5.74, 6) is 0.600. The van der Waals surface area contributed by atoms with Gasteiger partial charge in [0.15, 0.2) is 0 Å². The number of methoxy groups -OCH3 is 1. The maximum atomic E-state index is 11.9. The molecule has 1 aromatic carbocycles. The lowest BCUT2D eigenvalue weighted by Crippen LogP contribution is -2.37. The predicted octanol–water partition coefficient (Wildman–Crippen LogP) is 0.337. The minimum Gasteiger partial charge on any atom is -0.491 e. The molecule has 7 heteroatoms. The van der Waals surface area contributed by atoms with E-state index in [-0.39, 0.29) is 17.5 Å². The fourth-order valence-electron chi connectivity index (χ4n) is 1.34. The molecular formula is C12H20N2O4S. The van der Waals surface area contributed by atoms with Crippen molar-refractivity contribution >= 4 is 10.0 Å². The molecule has 6 nitrogen and oxygen atoms in total. The van der Waals surface area contributed by atoms with E-state index in [1.807, 2.05) is 0 Å². The van der Waals surface area contributed by atoms with Crippen LogP contribution in [0.25, 0.3) is 0 Å². The van der Waals surface area contributed by atoms with Gasteiger partial charge in [-0.15, -0.1) is 0 Å². The highest BCUT2D eigenvalue weighted by Gasteiger charge is 2.16. The molecule has 19 heavy (non-hydrogen) atoms. The third kappa shape index (κ3) is 5.15. The number of hydrogen-bond acceptors (Lipinski definition) is 5. The third-order valence-electron chi connectivity index (χ3n) is 2.40. The van der Waals surface area contributed by atoms with Crippen molar-refractivity contribution in [1.82, 2.24) is 4.72 Å². The molecule has 1 aromatic rings. The van der Waals surface area contributed by atoms with E-state index in [4.69, 9.17) is 15.2 Å². The van der Waals surface area contributed by atoms with E-state index in [2.05, 4.69) is 4.72 Å². The van der Waals surface area contributed by atoms with E-state index in [9.17, 15) is 8.42 Å². The standard InChI is InChI=1S/C12H20N2O4S/c1-10(9-13)14-19(15,16)12-5-3-11(4-6-12)18-8-7-17-2/h3-6,10,14H,7-9,13H2,1-2H3/t10-/m1/s1. The summed E-state index contributed by atoms with van der Waals surface area (Å²) in [6.45, 7) is 2.86. The van der Waals surface area contributed by atoms with Gasteiger partial charge in [-0.1, -0.05) is 0 Å². The summed E-state index contributed by atoms with van der Waals surface area (Å²) < 4.78 is 36.6. The maximum absolute atomic E-state index is 11.9. The second-order valence-electron chi connectivity index (χ2n) is 4.07. The number of rotatable bonds is 8. The highest BCUT2D eigenvalue weighted by Crippen LogP contribution is 2.16. The summed E-state index contributed by atoms with van der Waals surface area (Å²) in [4.78, 5) is 0.187. The van der Waals surface area contributed by atoms with Crippen LogP contribution in [0.2, 0.25) is 0 Å². The van der Waals surface area contributed by atoms with Gasteiger partial charge in [0.05, 0.1) is 11.5 Å².